The third-order valence-electron chi connectivity index (χ3n) is 6.34. The summed E-state index contributed by atoms with van der Waals surface area (Å²) in [4.78, 5) is 36.9. The summed E-state index contributed by atoms with van der Waals surface area (Å²) in [6.45, 7) is 5.29. The van der Waals surface area contributed by atoms with Gasteiger partial charge < -0.3 is 20.6 Å². The monoisotopic (exact) mass is 452 g/mol. The number of aromatic nitrogens is 2. The van der Waals surface area contributed by atoms with Crippen LogP contribution in [0.2, 0.25) is 0 Å². The summed E-state index contributed by atoms with van der Waals surface area (Å²) in [7, 11) is 0. The van der Waals surface area contributed by atoms with Gasteiger partial charge in [-0.2, -0.15) is 0 Å². The third kappa shape index (κ3) is 6.27. The number of carbonyl (C=O) groups is 2. The standard InChI is InChI=1S/C24H32N6O3/c1-17(31)30-11-6-20(7-12-30)28-23-13-19(4-9-26-23)24(33)27-14-21(32)15-29-10-5-18-3-2-8-25-22(18)16-29/h2-4,8-9,13,20-21,32H,5-7,10-12,14-16H2,1H3,(H,26,28)(H,27,33). The van der Waals surface area contributed by atoms with Crippen molar-refractivity contribution >= 4 is 17.6 Å². The second-order valence-electron chi connectivity index (χ2n) is 8.81. The van der Waals surface area contributed by atoms with Crippen LogP contribution in [0.4, 0.5) is 5.82 Å². The number of hydrogen-bond donors (Lipinski definition) is 3. The first-order valence-corrected chi connectivity index (χ1v) is 11.6. The summed E-state index contributed by atoms with van der Waals surface area (Å²) in [6, 6.07) is 7.67. The molecule has 176 valence electrons. The predicted molar refractivity (Wildman–Crippen MR) is 125 cm³/mol. The molecule has 1 saturated heterocycles. The minimum Gasteiger partial charge on any atom is -0.390 e. The average Bonchev–Trinajstić information content (AvgIpc) is 2.83. The van der Waals surface area contributed by atoms with Gasteiger partial charge in [0.15, 0.2) is 0 Å². The van der Waals surface area contributed by atoms with Crippen molar-refractivity contribution < 1.29 is 14.7 Å². The molecule has 4 rings (SSSR count). The highest BCUT2D eigenvalue weighted by molar-refractivity contribution is 5.94. The van der Waals surface area contributed by atoms with Crippen LogP contribution < -0.4 is 10.6 Å². The average molecular weight is 453 g/mol. The van der Waals surface area contributed by atoms with Crippen LogP contribution in [0.25, 0.3) is 0 Å². The molecule has 2 aromatic heterocycles. The van der Waals surface area contributed by atoms with Crippen molar-refractivity contribution in [3.8, 4) is 0 Å². The predicted octanol–water partition coefficient (Wildman–Crippen LogP) is 1.05. The van der Waals surface area contributed by atoms with Gasteiger partial charge in [-0.1, -0.05) is 6.07 Å². The molecule has 0 aliphatic carbocycles. The van der Waals surface area contributed by atoms with Gasteiger partial charge in [0.25, 0.3) is 5.91 Å². The van der Waals surface area contributed by atoms with E-state index in [1.54, 1.807) is 31.5 Å². The Morgan fingerprint density at radius 2 is 2.00 bits per heavy atom. The van der Waals surface area contributed by atoms with Crippen molar-refractivity contribution in [3.63, 3.8) is 0 Å². The Morgan fingerprint density at radius 1 is 1.18 bits per heavy atom. The molecule has 0 radical (unpaired) electrons. The fourth-order valence-electron chi connectivity index (χ4n) is 4.44. The molecule has 1 unspecified atom stereocenters. The second kappa shape index (κ2) is 10.7. The fraction of sp³-hybridized carbons (Fsp3) is 0.500. The molecule has 2 aliphatic rings. The van der Waals surface area contributed by atoms with E-state index in [-0.39, 0.29) is 24.4 Å². The lowest BCUT2D eigenvalue weighted by molar-refractivity contribution is -0.129. The van der Waals surface area contributed by atoms with Gasteiger partial charge in [0, 0.05) is 70.2 Å². The quantitative estimate of drug-likeness (QED) is 0.576. The normalized spacial score (nSPS) is 17.8. The number of fused-ring (bicyclic) bond motifs is 1. The van der Waals surface area contributed by atoms with Crippen molar-refractivity contribution in [1.29, 1.82) is 0 Å². The summed E-state index contributed by atoms with van der Waals surface area (Å²) in [6.07, 6.45) is 5.36. The van der Waals surface area contributed by atoms with Gasteiger partial charge in [-0.25, -0.2) is 4.98 Å². The summed E-state index contributed by atoms with van der Waals surface area (Å²) in [5, 5.41) is 16.6. The second-order valence-corrected chi connectivity index (χ2v) is 8.81. The van der Waals surface area contributed by atoms with Gasteiger partial charge in [0.1, 0.15) is 5.82 Å². The molecule has 9 nitrogen and oxygen atoms in total. The van der Waals surface area contributed by atoms with Crippen LogP contribution in [0.15, 0.2) is 36.7 Å². The van der Waals surface area contributed by atoms with E-state index >= 15 is 0 Å². The minimum absolute atomic E-state index is 0.106. The van der Waals surface area contributed by atoms with Crippen LogP contribution in [0, 0.1) is 0 Å². The van der Waals surface area contributed by atoms with E-state index in [2.05, 4.69) is 31.6 Å². The Morgan fingerprint density at radius 3 is 2.79 bits per heavy atom. The molecule has 2 amide bonds. The number of aliphatic hydroxyl groups excluding tert-OH is 1. The Balaban J connectivity index is 1.23. The summed E-state index contributed by atoms with van der Waals surface area (Å²) < 4.78 is 0. The summed E-state index contributed by atoms with van der Waals surface area (Å²) >= 11 is 0. The molecule has 33 heavy (non-hydrogen) atoms. The molecule has 2 aliphatic heterocycles. The van der Waals surface area contributed by atoms with Crippen LogP contribution in [-0.2, 0) is 17.8 Å². The topological polar surface area (TPSA) is 111 Å². The molecule has 1 atom stereocenters. The Kier molecular flexibility index (Phi) is 7.51. The number of nitrogens with one attached hydrogen (secondary N) is 2. The number of β-amino-alcohol motifs (C(OH)–C–C–N with tert-alkyl or cyclic N) is 1. The third-order valence-corrected chi connectivity index (χ3v) is 6.34. The van der Waals surface area contributed by atoms with Crippen molar-refractivity contribution in [2.45, 2.75) is 44.9 Å². The van der Waals surface area contributed by atoms with Crippen LogP contribution in [-0.4, -0.2) is 81.6 Å². The van der Waals surface area contributed by atoms with Gasteiger partial charge in [0.2, 0.25) is 5.91 Å². The molecule has 9 heteroatoms. The number of piperidine rings is 1. The zero-order valence-electron chi connectivity index (χ0n) is 19.0. The first kappa shape index (κ1) is 23.1. The minimum atomic E-state index is -0.662. The molecule has 0 aromatic carbocycles. The Bertz CT molecular complexity index is 976. The highest BCUT2D eigenvalue weighted by Crippen LogP contribution is 2.17. The number of aliphatic hydroxyl groups is 1. The number of nitrogens with zero attached hydrogens (tertiary/aromatic N) is 4. The van der Waals surface area contributed by atoms with Gasteiger partial charge in [0.05, 0.1) is 11.8 Å². The SMILES string of the molecule is CC(=O)N1CCC(Nc2cc(C(=O)NCC(O)CN3CCc4cccnc4C3)ccn2)CC1. The molecular weight excluding hydrogens is 420 g/mol. The molecular formula is C24H32N6O3. The maximum Gasteiger partial charge on any atom is 0.251 e. The zero-order chi connectivity index (χ0) is 23.2. The lowest BCUT2D eigenvalue weighted by atomic mass is 10.0. The van der Waals surface area contributed by atoms with E-state index in [4.69, 9.17) is 0 Å². The molecule has 0 saturated carbocycles. The van der Waals surface area contributed by atoms with Crippen molar-refractivity contribution in [2.24, 2.45) is 0 Å². The van der Waals surface area contributed by atoms with Crippen molar-refractivity contribution in [2.75, 3.05) is 38.0 Å². The highest BCUT2D eigenvalue weighted by Gasteiger charge is 2.22. The maximum absolute atomic E-state index is 12.6. The number of anilines is 1. The lowest BCUT2D eigenvalue weighted by Crippen LogP contribution is -2.42. The van der Waals surface area contributed by atoms with E-state index < -0.39 is 6.10 Å². The molecule has 2 aromatic rings. The first-order chi connectivity index (χ1) is 16.0. The van der Waals surface area contributed by atoms with Crippen LogP contribution in [0.5, 0.6) is 0 Å². The van der Waals surface area contributed by atoms with Gasteiger partial charge in [-0.15, -0.1) is 0 Å². The van der Waals surface area contributed by atoms with E-state index in [9.17, 15) is 14.7 Å². The first-order valence-electron chi connectivity index (χ1n) is 11.6. The van der Waals surface area contributed by atoms with Crippen LogP contribution in [0.3, 0.4) is 0 Å². The Labute approximate surface area is 194 Å². The molecule has 3 N–H and O–H groups in total. The van der Waals surface area contributed by atoms with E-state index in [1.807, 2.05) is 11.0 Å². The van der Waals surface area contributed by atoms with Gasteiger partial charge >= 0.3 is 0 Å². The number of likely N-dealkylation sites (tertiary alicyclic amines) is 1. The maximum atomic E-state index is 12.6. The van der Waals surface area contributed by atoms with Crippen molar-refractivity contribution in [1.82, 2.24) is 25.1 Å². The number of carbonyl (C=O) groups excluding carboxylic acids is 2. The number of pyridine rings is 2. The molecule has 0 spiro atoms. The highest BCUT2D eigenvalue weighted by atomic mass is 16.3. The van der Waals surface area contributed by atoms with E-state index in [0.29, 0.717) is 24.5 Å². The molecule has 0 bridgehead atoms. The number of rotatable bonds is 7. The molecule has 4 heterocycles. The van der Waals surface area contributed by atoms with Crippen LogP contribution >= 0.6 is 0 Å². The largest absolute Gasteiger partial charge is 0.390 e. The van der Waals surface area contributed by atoms with E-state index in [1.165, 1.54) is 5.56 Å². The smallest absolute Gasteiger partial charge is 0.251 e. The van der Waals surface area contributed by atoms with Crippen molar-refractivity contribution in [3.05, 3.63) is 53.5 Å². The van der Waals surface area contributed by atoms with E-state index in [0.717, 1.165) is 44.6 Å². The number of amides is 2. The summed E-state index contributed by atoms with van der Waals surface area (Å²) in [5.41, 5.74) is 2.82. The fourth-order valence-corrected chi connectivity index (χ4v) is 4.44. The Hall–Kier alpha value is -3.04. The molecule has 1 fully saturated rings. The lowest BCUT2D eigenvalue weighted by Gasteiger charge is -2.32. The summed E-state index contributed by atoms with van der Waals surface area (Å²) in [5.74, 6) is 0.509. The van der Waals surface area contributed by atoms with Gasteiger partial charge in [-0.05, 0) is 43.0 Å². The van der Waals surface area contributed by atoms with Crippen LogP contribution in [0.1, 0.15) is 41.4 Å². The zero-order valence-corrected chi connectivity index (χ0v) is 19.0. The van der Waals surface area contributed by atoms with Gasteiger partial charge in [-0.3, -0.25) is 19.5 Å². The number of hydrogen-bond acceptors (Lipinski definition) is 7.